The maximum atomic E-state index is 13.3. The van der Waals surface area contributed by atoms with Crippen LogP contribution < -0.4 is 0 Å². The average molecular weight is 411 g/mol. The number of fused-ring (bicyclic) bond motifs is 3. The zero-order valence-electron chi connectivity index (χ0n) is 18.4. The Morgan fingerprint density at radius 1 is 1.23 bits per heavy atom. The molecule has 2 heterocycles. The molecule has 0 N–H and O–H groups in total. The molecule has 30 heavy (non-hydrogen) atoms. The maximum Gasteiger partial charge on any atom is 0.419 e. The summed E-state index contributed by atoms with van der Waals surface area (Å²) in [6.45, 7) is 10.7. The number of aromatic nitrogens is 1. The molecule has 0 spiro atoms. The van der Waals surface area contributed by atoms with Crippen molar-refractivity contribution in [3.05, 3.63) is 35.5 Å². The standard InChI is InChI=1S/C24H30N2O4/c1-6-8-14-25-15-13-18-17-11-9-10-12-19(17)26(23(28)30-24(3,4)5)22(18)20(25)16-21(27)29-7-2/h9-12,20H,7,13-16H2,1-5H3. The molecule has 1 aliphatic rings. The van der Waals surface area contributed by atoms with Gasteiger partial charge in [0.1, 0.15) is 5.60 Å². The Kier molecular flexibility index (Phi) is 6.52. The number of rotatable bonds is 4. The Hall–Kier alpha value is -2.78. The van der Waals surface area contributed by atoms with Gasteiger partial charge in [0, 0.05) is 11.9 Å². The van der Waals surface area contributed by atoms with Crippen molar-refractivity contribution in [2.24, 2.45) is 0 Å². The number of carbonyl (C=O) groups is 2. The third kappa shape index (κ3) is 4.52. The van der Waals surface area contributed by atoms with Crippen molar-refractivity contribution >= 4 is 23.0 Å². The van der Waals surface area contributed by atoms with E-state index in [4.69, 9.17) is 9.47 Å². The number of carbonyl (C=O) groups excluding carboxylic acids is 2. The van der Waals surface area contributed by atoms with Crippen LogP contribution in [0, 0.1) is 11.8 Å². The van der Waals surface area contributed by atoms with Crippen molar-refractivity contribution in [3.8, 4) is 11.8 Å². The molecule has 1 atom stereocenters. The van der Waals surface area contributed by atoms with Crippen molar-refractivity contribution in [2.45, 2.75) is 59.1 Å². The van der Waals surface area contributed by atoms with E-state index in [1.54, 1.807) is 18.4 Å². The quantitative estimate of drug-likeness (QED) is 0.556. The molecule has 160 valence electrons. The highest BCUT2D eigenvalue weighted by Crippen LogP contribution is 2.39. The minimum absolute atomic E-state index is 0.158. The number of para-hydroxylation sites is 1. The topological polar surface area (TPSA) is 60.8 Å². The lowest BCUT2D eigenvalue weighted by Crippen LogP contribution is -2.39. The fourth-order valence-electron chi connectivity index (χ4n) is 4.00. The molecule has 0 amide bonds. The van der Waals surface area contributed by atoms with Gasteiger partial charge in [-0.15, -0.1) is 5.92 Å². The zero-order valence-corrected chi connectivity index (χ0v) is 18.4. The third-order valence-electron chi connectivity index (χ3n) is 5.13. The van der Waals surface area contributed by atoms with Crippen molar-refractivity contribution in [1.29, 1.82) is 0 Å². The number of ether oxygens (including phenoxy) is 2. The van der Waals surface area contributed by atoms with Gasteiger partial charge in [-0.05, 0) is 52.7 Å². The molecule has 1 aliphatic heterocycles. The second-order valence-corrected chi connectivity index (χ2v) is 8.37. The molecule has 6 heteroatoms. The third-order valence-corrected chi connectivity index (χ3v) is 5.13. The predicted molar refractivity (Wildman–Crippen MR) is 116 cm³/mol. The van der Waals surface area contributed by atoms with Crippen molar-refractivity contribution in [3.63, 3.8) is 0 Å². The molecule has 0 radical (unpaired) electrons. The van der Waals surface area contributed by atoms with Gasteiger partial charge in [-0.3, -0.25) is 9.69 Å². The number of nitrogens with zero attached hydrogens (tertiary/aromatic N) is 2. The van der Waals surface area contributed by atoms with Gasteiger partial charge >= 0.3 is 12.1 Å². The van der Waals surface area contributed by atoms with Gasteiger partial charge in [-0.1, -0.05) is 24.1 Å². The van der Waals surface area contributed by atoms with Crippen molar-refractivity contribution in [1.82, 2.24) is 9.47 Å². The van der Waals surface area contributed by atoms with Gasteiger partial charge < -0.3 is 9.47 Å². The molecule has 0 saturated carbocycles. The summed E-state index contributed by atoms with van der Waals surface area (Å²) in [6, 6.07) is 7.52. The zero-order chi connectivity index (χ0) is 21.9. The van der Waals surface area contributed by atoms with E-state index >= 15 is 0 Å². The van der Waals surface area contributed by atoms with Crippen LogP contribution >= 0.6 is 0 Å². The lowest BCUT2D eigenvalue weighted by atomic mass is 9.95. The van der Waals surface area contributed by atoms with Gasteiger partial charge in [-0.2, -0.15) is 0 Å². The molecule has 1 aromatic carbocycles. The average Bonchev–Trinajstić information content (AvgIpc) is 3.01. The first-order valence-corrected chi connectivity index (χ1v) is 10.4. The van der Waals surface area contributed by atoms with Crippen LogP contribution in [-0.2, 0) is 20.7 Å². The summed E-state index contributed by atoms with van der Waals surface area (Å²) >= 11 is 0. The Bertz CT molecular complexity index is 1000. The molecule has 3 rings (SSSR count). The van der Waals surface area contributed by atoms with E-state index in [2.05, 4.69) is 16.7 Å². The predicted octanol–water partition coefficient (Wildman–Crippen LogP) is 4.30. The van der Waals surface area contributed by atoms with Crippen LogP contribution in [0.15, 0.2) is 24.3 Å². The van der Waals surface area contributed by atoms with Crippen LogP contribution in [0.1, 0.15) is 58.3 Å². The van der Waals surface area contributed by atoms with Crippen LogP contribution in [0.4, 0.5) is 4.79 Å². The monoisotopic (exact) mass is 410 g/mol. The van der Waals surface area contributed by atoms with E-state index in [-0.39, 0.29) is 18.4 Å². The molecule has 0 aliphatic carbocycles. The molecule has 0 saturated heterocycles. The minimum Gasteiger partial charge on any atom is -0.466 e. The highest BCUT2D eigenvalue weighted by Gasteiger charge is 2.37. The summed E-state index contributed by atoms with van der Waals surface area (Å²) in [5.74, 6) is 5.74. The largest absolute Gasteiger partial charge is 0.466 e. The van der Waals surface area contributed by atoms with Crippen LogP contribution in [0.3, 0.4) is 0 Å². The number of hydrogen-bond donors (Lipinski definition) is 0. The first-order chi connectivity index (χ1) is 14.3. The van der Waals surface area contributed by atoms with Crippen LogP contribution in [0.25, 0.3) is 10.9 Å². The van der Waals surface area contributed by atoms with E-state index in [0.29, 0.717) is 13.2 Å². The summed E-state index contributed by atoms with van der Waals surface area (Å²) in [5.41, 5.74) is 2.07. The molecule has 6 nitrogen and oxygen atoms in total. The number of esters is 1. The molecular weight excluding hydrogens is 380 g/mol. The Morgan fingerprint density at radius 3 is 2.63 bits per heavy atom. The van der Waals surface area contributed by atoms with Crippen LogP contribution in [0.5, 0.6) is 0 Å². The summed E-state index contributed by atoms with van der Waals surface area (Å²) in [4.78, 5) is 27.9. The first-order valence-electron chi connectivity index (χ1n) is 10.4. The highest BCUT2D eigenvalue weighted by atomic mass is 16.6. The van der Waals surface area contributed by atoms with E-state index in [9.17, 15) is 9.59 Å². The van der Waals surface area contributed by atoms with Crippen LogP contribution in [-0.4, -0.2) is 46.8 Å². The molecule has 1 unspecified atom stereocenters. The molecular formula is C24H30N2O4. The SMILES string of the molecule is CC#CCN1CCc2c(n(C(=O)OC(C)(C)C)c3ccccc23)C1CC(=O)OCC. The first kappa shape index (κ1) is 21.9. The second kappa shape index (κ2) is 8.93. The molecule has 1 aromatic heterocycles. The summed E-state index contributed by atoms with van der Waals surface area (Å²) in [5, 5.41) is 1.02. The Balaban J connectivity index is 2.18. The Labute approximate surface area is 178 Å². The Morgan fingerprint density at radius 2 is 1.97 bits per heavy atom. The second-order valence-electron chi connectivity index (χ2n) is 8.37. The molecule has 0 fully saturated rings. The van der Waals surface area contributed by atoms with Gasteiger partial charge in [0.15, 0.2) is 0 Å². The lowest BCUT2D eigenvalue weighted by Gasteiger charge is -2.35. The number of benzene rings is 1. The summed E-state index contributed by atoms with van der Waals surface area (Å²) in [7, 11) is 0. The van der Waals surface area contributed by atoms with Crippen molar-refractivity contribution in [2.75, 3.05) is 19.7 Å². The van der Waals surface area contributed by atoms with E-state index in [0.717, 1.165) is 35.1 Å². The van der Waals surface area contributed by atoms with Gasteiger partial charge in [0.05, 0.1) is 36.8 Å². The smallest absolute Gasteiger partial charge is 0.419 e. The fraction of sp³-hybridized carbons (Fsp3) is 0.500. The van der Waals surface area contributed by atoms with Gasteiger partial charge in [0.25, 0.3) is 0 Å². The minimum atomic E-state index is -0.631. The lowest BCUT2D eigenvalue weighted by molar-refractivity contribution is -0.144. The van der Waals surface area contributed by atoms with Gasteiger partial charge in [-0.25, -0.2) is 9.36 Å². The summed E-state index contributed by atoms with van der Waals surface area (Å²) < 4.78 is 12.6. The molecule has 2 aromatic rings. The number of hydrogen-bond acceptors (Lipinski definition) is 5. The fourth-order valence-corrected chi connectivity index (χ4v) is 4.00. The van der Waals surface area contributed by atoms with Crippen LogP contribution in [0.2, 0.25) is 0 Å². The van der Waals surface area contributed by atoms with E-state index in [1.807, 2.05) is 45.0 Å². The normalized spacial score (nSPS) is 16.5. The van der Waals surface area contributed by atoms with E-state index in [1.165, 1.54) is 0 Å². The summed E-state index contributed by atoms with van der Waals surface area (Å²) in [6.07, 6.45) is 0.499. The highest BCUT2D eigenvalue weighted by molar-refractivity contribution is 5.94. The van der Waals surface area contributed by atoms with E-state index < -0.39 is 11.7 Å². The van der Waals surface area contributed by atoms with Crippen molar-refractivity contribution < 1.29 is 19.1 Å². The molecule has 0 bridgehead atoms. The maximum absolute atomic E-state index is 13.3. The van der Waals surface area contributed by atoms with Gasteiger partial charge in [0.2, 0.25) is 0 Å².